The van der Waals surface area contributed by atoms with Gasteiger partial charge in [0.25, 0.3) is 0 Å². The first-order valence-corrected chi connectivity index (χ1v) is 5.85. The summed E-state index contributed by atoms with van der Waals surface area (Å²) < 4.78 is 0. The fraction of sp³-hybridized carbons (Fsp3) is 0. The molecule has 0 fully saturated rings. The Bertz CT molecular complexity index is 597. The molecule has 2 nitrogen and oxygen atoms in total. The number of hydrogen-bond donors (Lipinski definition) is 1. The largest absolute Gasteiger partial charge is 0.354 e. The summed E-state index contributed by atoms with van der Waals surface area (Å²) >= 11 is 5.93. The third-order valence-corrected chi connectivity index (χ3v) is 2.63. The lowest BCUT2D eigenvalue weighted by atomic mass is 10.1. The quantitative estimate of drug-likeness (QED) is 0.828. The molecule has 0 amide bonds. The SMILES string of the molecule is N#C/C=C(/Nc1cccc(Cl)c1)c1ccccc1. The zero-order valence-corrected chi connectivity index (χ0v) is 10.4. The molecule has 0 heterocycles. The highest BCUT2D eigenvalue weighted by Crippen LogP contribution is 2.21. The first-order valence-electron chi connectivity index (χ1n) is 5.47. The Balaban J connectivity index is 2.29. The first-order chi connectivity index (χ1) is 8.79. The van der Waals surface area contributed by atoms with Crippen molar-refractivity contribution < 1.29 is 0 Å². The van der Waals surface area contributed by atoms with Crippen LogP contribution in [0.15, 0.2) is 60.7 Å². The van der Waals surface area contributed by atoms with Crippen LogP contribution in [-0.2, 0) is 0 Å². The van der Waals surface area contributed by atoms with Crippen molar-refractivity contribution in [2.45, 2.75) is 0 Å². The molecule has 0 spiro atoms. The van der Waals surface area contributed by atoms with Crippen molar-refractivity contribution in [3.63, 3.8) is 0 Å². The summed E-state index contributed by atoms with van der Waals surface area (Å²) in [5, 5.41) is 12.7. The van der Waals surface area contributed by atoms with Crippen molar-refractivity contribution in [2.75, 3.05) is 5.32 Å². The lowest BCUT2D eigenvalue weighted by Crippen LogP contribution is -1.98. The van der Waals surface area contributed by atoms with Gasteiger partial charge in [0.15, 0.2) is 0 Å². The predicted molar refractivity (Wildman–Crippen MR) is 75.1 cm³/mol. The minimum atomic E-state index is 0.657. The Morgan fingerprint density at radius 3 is 2.56 bits per heavy atom. The number of nitrogens with one attached hydrogen (secondary N) is 1. The van der Waals surface area contributed by atoms with Crippen LogP contribution in [0.3, 0.4) is 0 Å². The van der Waals surface area contributed by atoms with E-state index >= 15 is 0 Å². The van der Waals surface area contributed by atoms with Gasteiger partial charge in [-0.05, 0) is 23.8 Å². The number of nitriles is 1. The molecule has 88 valence electrons. The average molecular weight is 255 g/mol. The van der Waals surface area contributed by atoms with Gasteiger partial charge < -0.3 is 5.32 Å². The molecule has 2 rings (SSSR count). The molecule has 0 atom stereocenters. The maximum absolute atomic E-state index is 8.84. The molecule has 2 aromatic carbocycles. The first kappa shape index (κ1) is 12.2. The number of halogens is 1. The van der Waals surface area contributed by atoms with Crippen LogP contribution in [0.1, 0.15) is 5.56 Å². The van der Waals surface area contributed by atoms with Crippen LogP contribution < -0.4 is 5.32 Å². The second-order valence-electron chi connectivity index (χ2n) is 3.69. The predicted octanol–water partition coefficient (Wildman–Crippen LogP) is 4.32. The number of rotatable bonds is 3. The Hall–Kier alpha value is -2.24. The number of allylic oxidation sites excluding steroid dienone is 1. The fourth-order valence-corrected chi connectivity index (χ4v) is 1.79. The third-order valence-electron chi connectivity index (χ3n) is 2.40. The van der Waals surface area contributed by atoms with Crippen LogP contribution in [0.2, 0.25) is 5.02 Å². The van der Waals surface area contributed by atoms with Crippen LogP contribution >= 0.6 is 11.6 Å². The molecule has 0 bridgehead atoms. The fourth-order valence-electron chi connectivity index (χ4n) is 1.60. The minimum Gasteiger partial charge on any atom is -0.354 e. The molecule has 0 aromatic heterocycles. The van der Waals surface area contributed by atoms with Crippen LogP contribution in [0, 0.1) is 11.3 Å². The number of nitrogens with zero attached hydrogens (tertiary/aromatic N) is 1. The normalized spacial score (nSPS) is 10.8. The van der Waals surface area contributed by atoms with Crippen LogP contribution in [0.5, 0.6) is 0 Å². The number of anilines is 1. The molecular formula is C15H11ClN2. The van der Waals surface area contributed by atoms with E-state index in [2.05, 4.69) is 5.32 Å². The van der Waals surface area contributed by atoms with Gasteiger partial charge in [-0.2, -0.15) is 5.26 Å². The maximum Gasteiger partial charge on any atom is 0.0934 e. The van der Waals surface area contributed by atoms with Gasteiger partial charge in [0.05, 0.1) is 11.8 Å². The molecule has 0 aliphatic carbocycles. The third kappa shape index (κ3) is 3.13. The summed E-state index contributed by atoms with van der Waals surface area (Å²) in [5.41, 5.74) is 2.56. The summed E-state index contributed by atoms with van der Waals surface area (Å²) in [7, 11) is 0. The Kier molecular flexibility index (Phi) is 4.01. The molecule has 18 heavy (non-hydrogen) atoms. The molecule has 0 aliphatic rings. The van der Waals surface area contributed by atoms with E-state index in [1.54, 1.807) is 0 Å². The zero-order valence-electron chi connectivity index (χ0n) is 9.60. The van der Waals surface area contributed by atoms with Crippen molar-refractivity contribution in [1.29, 1.82) is 5.26 Å². The highest BCUT2D eigenvalue weighted by atomic mass is 35.5. The maximum atomic E-state index is 8.84. The van der Waals surface area contributed by atoms with Crippen molar-refractivity contribution in [3.8, 4) is 6.07 Å². The standard InChI is InChI=1S/C15H11ClN2/c16-13-7-4-8-14(11-13)18-15(9-10-17)12-5-2-1-3-6-12/h1-9,11,18H/b15-9+. The summed E-state index contributed by atoms with van der Waals surface area (Å²) in [4.78, 5) is 0. The van der Waals surface area contributed by atoms with E-state index in [1.807, 2.05) is 60.7 Å². The van der Waals surface area contributed by atoms with Crippen molar-refractivity contribution in [2.24, 2.45) is 0 Å². The van der Waals surface area contributed by atoms with Gasteiger partial charge in [-0.25, -0.2) is 0 Å². The molecule has 0 aliphatic heterocycles. The topological polar surface area (TPSA) is 35.8 Å². The summed E-state index contributed by atoms with van der Waals surface area (Å²) in [6.45, 7) is 0. The summed E-state index contributed by atoms with van der Waals surface area (Å²) in [6, 6.07) is 19.1. The Labute approximate surface area is 111 Å². The molecule has 0 radical (unpaired) electrons. The lowest BCUT2D eigenvalue weighted by molar-refractivity contribution is 1.50. The Morgan fingerprint density at radius 2 is 1.89 bits per heavy atom. The van der Waals surface area contributed by atoms with Crippen LogP contribution in [0.25, 0.3) is 5.70 Å². The van der Waals surface area contributed by atoms with Gasteiger partial charge in [0.2, 0.25) is 0 Å². The van der Waals surface area contributed by atoms with E-state index in [-0.39, 0.29) is 0 Å². The lowest BCUT2D eigenvalue weighted by Gasteiger charge is -2.10. The highest BCUT2D eigenvalue weighted by molar-refractivity contribution is 6.30. The van der Waals surface area contributed by atoms with Gasteiger partial charge in [0, 0.05) is 16.8 Å². The molecule has 0 saturated heterocycles. The molecule has 0 unspecified atom stereocenters. The van der Waals surface area contributed by atoms with E-state index in [0.717, 1.165) is 16.9 Å². The zero-order chi connectivity index (χ0) is 12.8. The molecule has 1 N–H and O–H groups in total. The smallest absolute Gasteiger partial charge is 0.0934 e. The van der Waals surface area contributed by atoms with E-state index in [4.69, 9.17) is 16.9 Å². The molecule has 0 saturated carbocycles. The number of benzene rings is 2. The van der Waals surface area contributed by atoms with Gasteiger partial charge in [-0.1, -0.05) is 48.0 Å². The van der Waals surface area contributed by atoms with Crippen LogP contribution in [-0.4, -0.2) is 0 Å². The monoisotopic (exact) mass is 254 g/mol. The van der Waals surface area contributed by atoms with Gasteiger partial charge in [0.1, 0.15) is 0 Å². The molecule has 3 heteroatoms. The molecular weight excluding hydrogens is 244 g/mol. The van der Waals surface area contributed by atoms with Crippen LogP contribution in [0.4, 0.5) is 5.69 Å². The highest BCUT2D eigenvalue weighted by Gasteiger charge is 2.01. The van der Waals surface area contributed by atoms with E-state index < -0.39 is 0 Å². The molecule has 2 aromatic rings. The minimum absolute atomic E-state index is 0.657. The summed E-state index contributed by atoms with van der Waals surface area (Å²) in [6.07, 6.45) is 1.48. The van der Waals surface area contributed by atoms with Crippen molar-refractivity contribution >= 4 is 23.0 Å². The average Bonchev–Trinajstić information content (AvgIpc) is 2.39. The van der Waals surface area contributed by atoms with Gasteiger partial charge >= 0.3 is 0 Å². The second kappa shape index (κ2) is 5.90. The van der Waals surface area contributed by atoms with E-state index in [1.165, 1.54) is 6.08 Å². The van der Waals surface area contributed by atoms with Gasteiger partial charge in [-0.3, -0.25) is 0 Å². The second-order valence-corrected chi connectivity index (χ2v) is 4.12. The van der Waals surface area contributed by atoms with Gasteiger partial charge in [-0.15, -0.1) is 0 Å². The van der Waals surface area contributed by atoms with Crippen molar-refractivity contribution in [3.05, 3.63) is 71.3 Å². The van der Waals surface area contributed by atoms with Crippen molar-refractivity contribution in [1.82, 2.24) is 0 Å². The number of hydrogen-bond acceptors (Lipinski definition) is 2. The van der Waals surface area contributed by atoms with E-state index in [0.29, 0.717) is 5.02 Å². The Morgan fingerprint density at radius 1 is 1.11 bits per heavy atom. The summed E-state index contributed by atoms with van der Waals surface area (Å²) in [5.74, 6) is 0. The van der Waals surface area contributed by atoms with E-state index in [9.17, 15) is 0 Å².